The molecular weight excluding hydrogens is 271 g/mol. The zero-order chi connectivity index (χ0) is 3.58. The van der Waals surface area contributed by atoms with Crippen LogP contribution in [0.1, 0.15) is 0 Å². The van der Waals surface area contributed by atoms with Gasteiger partial charge in [-0.2, -0.15) is 0 Å². The van der Waals surface area contributed by atoms with Crippen molar-refractivity contribution in [1.82, 2.24) is 0 Å². The minimum atomic E-state index is -3.37. The molecule has 0 aliphatic carbocycles. The molecule has 3 nitrogen and oxygen atoms in total. The molecule has 0 saturated heterocycles. The first-order valence-corrected chi connectivity index (χ1v) is 1.64. The molecule has 6 heteroatoms. The van der Waals surface area contributed by atoms with E-state index in [2.05, 4.69) is 0 Å². The van der Waals surface area contributed by atoms with Gasteiger partial charge in [-0.15, -0.1) is 0 Å². The van der Waals surface area contributed by atoms with Gasteiger partial charge in [0, 0.05) is 0 Å². The normalized spacial score (nSPS) is 6.00. The maximum Gasteiger partial charge on any atom is 2.00 e. The van der Waals surface area contributed by atoms with Gasteiger partial charge < -0.3 is 47.3 Å². The second-order valence-corrected chi connectivity index (χ2v) is 0.671. The van der Waals surface area contributed by atoms with Crippen molar-refractivity contribution in [3.8, 4) is 0 Å². The fourth-order valence-corrected chi connectivity index (χ4v) is 0. The van der Waals surface area contributed by atoms with Crippen LogP contribution in [0, 0.1) is 0 Å². The van der Waals surface area contributed by atoms with Gasteiger partial charge in [0.15, 0.2) is 0 Å². The first kappa shape index (κ1) is 15.6. The largest absolute Gasteiger partial charge is 2.00 e. The topological polar surface area (TPSA) is 69.2 Å². The Morgan fingerprint density at radius 2 is 1.00 bits per heavy atom. The van der Waals surface area contributed by atoms with Crippen molar-refractivity contribution in [2.24, 2.45) is 0 Å². The number of hydrogen-bond donors (Lipinski definition) is 0. The molecule has 0 bridgehead atoms. The van der Waals surface area contributed by atoms with E-state index < -0.39 is 8.60 Å². The third-order valence-corrected chi connectivity index (χ3v) is 0. The summed E-state index contributed by atoms with van der Waals surface area (Å²) in [5.74, 6) is 0. The summed E-state index contributed by atoms with van der Waals surface area (Å²) in [6.07, 6.45) is 0. The average molecular weight is 271 g/mol. The van der Waals surface area contributed by atoms with Crippen LogP contribution in [0.3, 0.4) is 0 Å². The van der Waals surface area contributed by atoms with Crippen molar-refractivity contribution in [2.45, 2.75) is 0 Å². The Morgan fingerprint density at radius 1 is 1.00 bits per heavy atom. The number of rotatable bonds is 0. The molecule has 0 rings (SSSR count). The monoisotopic (exact) mass is 270 g/mol. The van der Waals surface area contributed by atoms with Crippen molar-refractivity contribution in [3.63, 3.8) is 0 Å². The summed E-state index contributed by atoms with van der Waals surface area (Å²) in [5, 5.41) is 0. The molecule has 0 aromatic carbocycles. The molecule has 0 saturated carbocycles. The molecule has 0 spiro atoms. The van der Waals surface area contributed by atoms with Gasteiger partial charge in [0.1, 0.15) is 0 Å². The second kappa shape index (κ2) is 9.83. The van der Waals surface area contributed by atoms with Gasteiger partial charge in [-0.1, -0.05) is 0 Å². The fraction of sp³-hybridized carbons (Fsp3) is 0. The van der Waals surface area contributed by atoms with Crippen molar-refractivity contribution >= 4 is 8.60 Å². The van der Waals surface area contributed by atoms with Crippen LogP contribution < -0.4 is 38.7 Å². The van der Waals surface area contributed by atoms with Crippen LogP contribution in [0.5, 0.6) is 0 Å². The predicted molar refractivity (Wildman–Crippen MR) is 6.92 cm³/mol. The Balaban J connectivity index is -0.0000000450. The molecule has 0 radical (unpaired) electrons. The molecular formula is IO3PZn-2. The van der Waals surface area contributed by atoms with Crippen LogP contribution >= 0.6 is 8.60 Å². The van der Waals surface area contributed by atoms with E-state index in [4.69, 9.17) is 14.7 Å². The van der Waals surface area contributed by atoms with Gasteiger partial charge in [0.05, 0.1) is 0 Å². The summed E-state index contributed by atoms with van der Waals surface area (Å²) in [7, 11) is -3.37. The maximum absolute atomic E-state index is 8.48. The molecule has 0 atom stereocenters. The summed E-state index contributed by atoms with van der Waals surface area (Å²) in [6, 6.07) is 0. The molecule has 0 aromatic rings. The van der Waals surface area contributed by atoms with Gasteiger partial charge >= 0.3 is 19.5 Å². The van der Waals surface area contributed by atoms with E-state index >= 15 is 0 Å². The molecule has 0 aromatic heterocycles. The van der Waals surface area contributed by atoms with Crippen molar-refractivity contribution in [1.29, 1.82) is 0 Å². The van der Waals surface area contributed by atoms with Crippen LogP contribution in [0.2, 0.25) is 0 Å². The van der Waals surface area contributed by atoms with E-state index in [-0.39, 0.29) is 43.5 Å². The molecule has 0 N–H and O–H groups in total. The third kappa shape index (κ3) is 44.5. The summed E-state index contributed by atoms with van der Waals surface area (Å²) < 4.78 is 0. The summed E-state index contributed by atoms with van der Waals surface area (Å²) in [5.41, 5.74) is 0. The SMILES string of the molecule is [I-].[O-]P([O-])[O-].[Zn+2]. The standard InChI is InChI=1S/HI.O3P.Zn/c;1-4(2)3;/h1H;;/q;-3;+2/p-1. The van der Waals surface area contributed by atoms with Gasteiger partial charge in [-0.25, -0.2) is 0 Å². The van der Waals surface area contributed by atoms with Crippen LogP contribution in [0.4, 0.5) is 0 Å². The fourth-order valence-electron chi connectivity index (χ4n) is 0. The van der Waals surface area contributed by atoms with Crippen molar-refractivity contribution in [2.75, 3.05) is 0 Å². The van der Waals surface area contributed by atoms with E-state index in [9.17, 15) is 0 Å². The second-order valence-electron chi connectivity index (χ2n) is 0.224. The maximum atomic E-state index is 8.48. The first-order chi connectivity index (χ1) is 1.73. The summed E-state index contributed by atoms with van der Waals surface area (Å²) in [6.45, 7) is 0. The smallest absolute Gasteiger partial charge is 1.00 e. The van der Waals surface area contributed by atoms with Gasteiger partial charge in [0.25, 0.3) is 0 Å². The molecule has 6 heavy (non-hydrogen) atoms. The molecule has 34 valence electrons. The summed E-state index contributed by atoms with van der Waals surface area (Å²) in [4.78, 5) is 25.4. The average Bonchev–Trinajstić information content (AvgIpc) is 0.811. The molecule has 0 aliphatic rings. The first-order valence-electron chi connectivity index (χ1n) is 0.548. The zero-order valence-electron chi connectivity index (χ0n) is 2.76. The molecule has 0 aliphatic heterocycles. The van der Waals surface area contributed by atoms with E-state index in [1.165, 1.54) is 0 Å². The van der Waals surface area contributed by atoms with E-state index in [0.29, 0.717) is 0 Å². The Hall–Kier alpha value is 1.66. The molecule has 0 amide bonds. The van der Waals surface area contributed by atoms with Crippen LogP contribution in [-0.4, -0.2) is 0 Å². The van der Waals surface area contributed by atoms with E-state index in [1.807, 2.05) is 0 Å². The van der Waals surface area contributed by atoms with Crippen LogP contribution in [0.25, 0.3) is 0 Å². The Bertz CT molecular complexity index is 15.5. The molecule has 0 fully saturated rings. The van der Waals surface area contributed by atoms with Crippen molar-refractivity contribution < 1.29 is 58.1 Å². The number of hydrogen-bond acceptors (Lipinski definition) is 3. The van der Waals surface area contributed by atoms with Gasteiger partial charge in [0.2, 0.25) is 0 Å². The predicted octanol–water partition coefficient (Wildman–Crippen LogP) is -5.70. The van der Waals surface area contributed by atoms with E-state index in [1.54, 1.807) is 0 Å². The minimum Gasteiger partial charge on any atom is -1.00 e. The molecule has 0 heterocycles. The van der Waals surface area contributed by atoms with Crippen LogP contribution in [0.15, 0.2) is 0 Å². The Morgan fingerprint density at radius 3 is 1.00 bits per heavy atom. The van der Waals surface area contributed by atoms with Crippen molar-refractivity contribution in [3.05, 3.63) is 0 Å². The quantitative estimate of drug-likeness (QED) is 0.250. The van der Waals surface area contributed by atoms with Crippen LogP contribution in [-0.2, 0) is 19.5 Å². The van der Waals surface area contributed by atoms with Gasteiger partial charge in [-0.3, -0.25) is 0 Å². The minimum absolute atomic E-state index is 0. The van der Waals surface area contributed by atoms with E-state index in [0.717, 1.165) is 0 Å². The molecule has 0 unspecified atom stereocenters. The Labute approximate surface area is 66.5 Å². The summed E-state index contributed by atoms with van der Waals surface area (Å²) >= 11 is 0. The Kier molecular flexibility index (Phi) is 25.6. The van der Waals surface area contributed by atoms with Gasteiger partial charge in [-0.05, 0) is 0 Å². The zero-order valence-corrected chi connectivity index (χ0v) is 8.78. The third-order valence-electron chi connectivity index (χ3n) is 0. The number of halogens is 1.